The van der Waals surface area contributed by atoms with Crippen LogP contribution < -0.4 is 0 Å². The highest BCUT2D eigenvalue weighted by atomic mass is 16.2. The van der Waals surface area contributed by atoms with Crippen molar-refractivity contribution in [1.82, 2.24) is 0 Å². The Labute approximate surface area is 69.7 Å². The number of carbonyl (C=O) groups excluding carboxylic acids is 2. The summed E-state index contributed by atoms with van der Waals surface area (Å²) in [6, 6.07) is 8.48. The number of isocyanates is 1. The molecule has 2 aliphatic carbocycles. The molecule has 0 N–H and O–H groups in total. The maximum Gasteiger partial charge on any atom is 0.253 e. The molecule has 0 heterocycles. The van der Waals surface area contributed by atoms with E-state index >= 15 is 0 Å². The first kappa shape index (κ1) is 8.37. The van der Waals surface area contributed by atoms with E-state index < -0.39 is 5.91 Å². The zero-order chi connectivity index (χ0) is 8.97. The van der Waals surface area contributed by atoms with Crippen LogP contribution in [-0.4, -0.2) is 12.0 Å². The van der Waals surface area contributed by atoms with E-state index in [1.807, 2.05) is 0 Å². The van der Waals surface area contributed by atoms with Crippen molar-refractivity contribution in [2.75, 3.05) is 0 Å². The molecule has 0 unspecified atom stereocenters. The second kappa shape index (κ2) is 3.60. The van der Waals surface area contributed by atoms with Gasteiger partial charge in [0.2, 0.25) is 6.08 Å². The van der Waals surface area contributed by atoms with Crippen molar-refractivity contribution in [1.29, 1.82) is 0 Å². The van der Waals surface area contributed by atoms with Crippen molar-refractivity contribution in [3.05, 3.63) is 24.3 Å². The zero-order valence-corrected chi connectivity index (χ0v) is 6.57. The maximum absolute atomic E-state index is 9.61. The van der Waals surface area contributed by atoms with Gasteiger partial charge in [0.15, 0.2) is 0 Å². The van der Waals surface area contributed by atoms with Crippen LogP contribution in [0.25, 0.3) is 11.1 Å². The molecule has 0 aliphatic heterocycles. The maximum atomic E-state index is 9.61. The van der Waals surface area contributed by atoms with Crippen molar-refractivity contribution in [2.45, 2.75) is 6.92 Å². The minimum absolute atomic E-state index is 0.509. The monoisotopic (exact) mass is 161 g/mol. The smallest absolute Gasteiger partial charge is 0.253 e. The lowest BCUT2D eigenvalue weighted by Crippen LogP contribution is -1.77. The van der Waals surface area contributed by atoms with Gasteiger partial charge in [0.05, 0.1) is 0 Å². The van der Waals surface area contributed by atoms with Crippen LogP contribution in [-0.2, 0) is 9.59 Å². The minimum atomic E-state index is -0.509. The zero-order valence-electron chi connectivity index (χ0n) is 6.57. The highest BCUT2D eigenvalue weighted by molar-refractivity contribution is 5.80. The first-order valence-corrected chi connectivity index (χ1v) is 3.43. The van der Waals surface area contributed by atoms with E-state index in [-0.39, 0.29) is 0 Å². The summed E-state index contributed by atoms with van der Waals surface area (Å²) >= 11 is 0. The summed E-state index contributed by atoms with van der Waals surface area (Å²) in [5.74, 6) is -0.509. The predicted molar refractivity (Wildman–Crippen MR) is 44.2 cm³/mol. The van der Waals surface area contributed by atoms with Crippen LogP contribution in [0.1, 0.15) is 6.92 Å². The Hall–Kier alpha value is -1.73. The molecule has 0 aromatic rings. The topological polar surface area (TPSA) is 46.5 Å². The second-order valence-corrected chi connectivity index (χ2v) is 2.30. The Kier molecular flexibility index (Phi) is 2.51. The third-order valence-electron chi connectivity index (χ3n) is 1.32. The summed E-state index contributed by atoms with van der Waals surface area (Å²) in [5.41, 5.74) is 2.85. The van der Waals surface area contributed by atoms with E-state index in [9.17, 15) is 4.79 Å². The summed E-state index contributed by atoms with van der Waals surface area (Å²) in [6.07, 6.45) is 1.09. The highest BCUT2D eigenvalue weighted by Crippen LogP contribution is 2.32. The molecule has 1 amide bonds. The van der Waals surface area contributed by atoms with Gasteiger partial charge in [0.1, 0.15) is 0 Å². The molecule has 2 aliphatic rings. The van der Waals surface area contributed by atoms with Gasteiger partial charge < -0.3 is 0 Å². The van der Waals surface area contributed by atoms with Crippen molar-refractivity contribution in [3.63, 3.8) is 0 Å². The van der Waals surface area contributed by atoms with Gasteiger partial charge in [-0.25, -0.2) is 4.79 Å². The molecular formula is C9H7NO2. The first-order chi connectivity index (χ1) is 5.74. The van der Waals surface area contributed by atoms with Crippen molar-refractivity contribution in [2.24, 2.45) is 4.99 Å². The van der Waals surface area contributed by atoms with Crippen molar-refractivity contribution >= 4 is 12.0 Å². The molecule has 0 spiro atoms. The van der Waals surface area contributed by atoms with E-state index in [2.05, 4.69) is 29.3 Å². The molecule has 12 heavy (non-hydrogen) atoms. The molecule has 0 saturated carbocycles. The molecule has 0 atom stereocenters. The lowest BCUT2D eigenvalue weighted by molar-refractivity contribution is -0.115. The van der Waals surface area contributed by atoms with E-state index in [4.69, 9.17) is 4.79 Å². The molecule has 3 heteroatoms. The van der Waals surface area contributed by atoms with Crippen LogP contribution in [0.15, 0.2) is 29.3 Å². The molecule has 0 aromatic carbocycles. The van der Waals surface area contributed by atoms with E-state index in [0.717, 1.165) is 6.08 Å². The average Bonchev–Trinajstić information content (AvgIpc) is 2.60. The standard InChI is InChI=1S/C6H4.C3H3NO2/c1-2-5-4-6(5)3-1;1-3(6)4-2-5/h1-4H;1H3. The van der Waals surface area contributed by atoms with E-state index in [1.54, 1.807) is 0 Å². The third-order valence-corrected chi connectivity index (χ3v) is 1.32. The van der Waals surface area contributed by atoms with Gasteiger partial charge in [-0.1, -0.05) is 18.2 Å². The van der Waals surface area contributed by atoms with Gasteiger partial charge >= 0.3 is 0 Å². The van der Waals surface area contributed by atoms with Gasteiger partial charge in [-0.2, -0.15) is 0 Å². The Morgan fingerprint density at radius 3 is 2.08 bits per heavy atom. The lowest BCUT2D eigenvalue weighted by atomic mass is 10.6. The number of hydrogen-bond acceptors (Lipinski definition) is 2. The molecule has 2 rings (SSSR count). The number of aliphatic imine (C=N–C) groups is 1. The van der Waals surface area contributed by atoms with Crippen LogP contribution in [0.2, 0.25) is 0 Å². The summed E-state index contributed by atoms with van der Waals surface area (Å²) in [7, 11) is 0. The van der Waals surface area contributed by atoms with E-state index in [0.29, 0.717) is 0 Å². The van der Waals surface area contributed by atoms with Gasteiger partial charge in [-0.3, -0.25) is 4.79 Å². The molecule has 0 saturated heterocycles. The third kappa shape index (κ3) is 2.48. The van der Waals surface area contributed by atoms with Gasteiger partial charge in [-0.05, 0) is 17.2 Å². The summed E-state index contributed by atoms with van der Waals surface area (Å²) < 4.78 is 0. The Bertz CT molecular complexity index is 334. The van der Waals surface area contributed by atoms with Gasteiger partial charge in [-0.15, -0.1) is 4.99 Å². The van der Waals surface area contributed by atoms with Gasteiger partial charge in [0.25, 0.3) is 5.91 Å². The summed E-state index contributed by atoms with van der Waals surface area (Å²) in [6.45, 7) is 1.19. The molecule has 0 fully saturated rings. The molecule has 0 aromatic heterocycles. The van der Waals surface area contributed by atoms with Crippen LogP contribution in [0.5, 0.6) is 0 Å². The number of carbonyl (C=O) groups is 1. The number of nitrogens with zero attached hydrogens (tertiary/aromatic N) is 1. The van der Waals surface area contributed by atoms with E-state index in [1.165, 1.54) is 18.1 Å². The summed E-state index contributed by atoms with van der Waals surface area (Å²) in [4.78, 5) is 21.4. The fourth-order valence-corrected chi connectivity index (χ4v) is 0.740. The van der Waals surface area contributed by atoms with Crippen molar-refractivity contribution < 1.29 is 9.59 Å². The fraction of sp³-hybridized carbons (Fsp3) is 0.111. The molecule has 3 nitrogen and oxygen atoms in total. The molecule has 0 bridgehead atoms. The van der Waals surface area contributed by atoms with Crippen LogP contribution in [0.3, 0.4) is 0 Å². The number of amides is 1. The molecule has 0 radical (unpaired) electrons. The lowest BCUT2D eigenvalue weighted by Gasteiger charge is -1.61. The largest absolute Gasteiger partial charge is 0.272 e. The molecular weight excluding hydrogens is 154 g/mol. The van der Waals surface area contributed by atoms with Gasteiger partial charge in [0, 0.05) is 6.92 Å². The Morgan fingerprint density at radius 2 is 2.00 bits per heavy atom. The number of rotatable bonds is 0. The van der Waals surface area contributed by atoms with Crippen LogP contribution >= 0.6 is 0 Å². The molecule has 60 valence electrons. The second-order valence-electron chi connectivity index (χ2n) is 2.30. The predicted octanol–water partition coefficient (Wildman–Crippen LogP) is 1.54. The Balaban J connectivity index is 0.000000120. The van der Waals surface area contributed by atoms with Crippen LogP contribution in [0.4, 0.5) is 0 Å². The highest BCUT2D eigenvalue weighted by Gasteiger charge is 2.06. The average molecular weight is 161 g/mol. The fourth-order valence-electron chi connectivity index (χ4n) is 0.740. The number of fused-ring (bicyclic) bond motifs is 1. The van der Waals surface area contributed by atoms with Crippen molar-refractivity contribution in [3.8, 4) is 11.1 Å². The summed E-state index contributed by atoms with van der Waals surface area (Å²) in [5, 5.41) is 0. The quantitative estimate of drug-likeness (QED) is 0.434. The SMILES string of the molecule is CC(=O)N=C=O.c1cc2cc-2c1. The Morgan fingerprint density at radius 1 is 1.42 bits per heavy atom. The van der Waals surface area contributed by atoms with Crippen LogP contribution in [0, 0.1) is 0 Å². The number of hydrogen-bond donors (Lipinski definition) is 0. The normalized spacial score (nSPS) is 8.75. The minimum Gasteiger partial charge on any atom is -0.272 e. The number of benzene rings is 1. The first-order valence-electron chi connectivity index (χ1n) is 3.43.